The number of esters is 1. The second-order valence-electron chi connectivity index (χ2n) is 7.46. The highest BCUT2D eigenvalue weighted by Gasteiger charge is 2.47. The van der Waals surface area contributed by atoms with Gasteiger partial charge >= 0.3 is 5.97 Å². The summed E-state index contributed by atoms with van der Waals surface area (Å²) in [6, 6.07) is 16.4. The molecule has 1 N–H and O–H groups in total. The van der Waals surface area contributed by atoms with Gasteiger partial charge in [0.05, 0.1) is 23.8 Å². The number of ether oxygens (including phenoxy) is 1. The van der Waals surface area contributed by atoms with Crippen molar-refractivity contribution < 1.29 is 28.6 Å². The molecule has 1 saturated heterocycles. The Morgan fingerprint density at radius 1 is 1.00 bits per heavy atom. The van der Waals surface area contributed by atoms with Gasteiger partial charge < -0.3 is 9.84 Å². The summed E-state index contributed by atoms with van der Waals surface area (Å²) in [4.78, 5) is 39.3. The van der Waals surface area contributed by atoms with E-state index in [2.05, 4.69) is 0 Å². The molecule has 1 aliphatic heterocycles. The van der Waals surface area contributed by atoms with Crippen LogP contribution in [-0.4, -0.2) is 29.4 Å². The number of aliphatic hydroxyl groups excluding tert-OH is 1. The van der Waals surface area contributed by atoms with E-state index in [1.54, 1.807) is 13.0 Å². The SMILES string of the molecule is CCOC(=O)c1ccc(N2C(=O)C(=O)/C(=C(/O)c3ccc(Cl)cc3)[C@H]2c2ccccc2F)cc1. The number of carbonyl (C=O) groups excluding carboxylic acids is 3. The Bertz CT molecular complexity index is 1300. The maximum Gasteiger partial charge on any atom is 0.338 e. The number of halogens is 2. The first kappa shape index (κ1) is 23.2. The van der Waals surface area contributed by atoms with Crippen LogP contribution in [0.2, 0.25) is 5.02 Å². The summed E-state index contributed by atoms with van der Waals surface area (Å²) in [5.41, 5.74) is 0.532. The molecule has 1 atom stereocenters. The van der Waals surface area contributed by atoms with Crippen LogP contribution in [0.25, 0.3) is 5.76 Å². The number of anilines is 1. The Kier molecular flexibility index (Phi) is 6.47. The van der Waals surface area contributed by atoms with Gasteiger partial charge in [-0.1, -0.05) is 29.8 Å². The lowest BCUT2D eigenvalue weighted by Crippen LogP contribution is -2.29. The first-order valence-corrected chi connectivity index (χ1v) is 10.8. The Morgan fingerprint density at radius 2 is 1.62 bits per heavy atom. The van der Waals surface area contributed by atoms with Gasteiger partial charge in [-0.15, -0.1) is 0 Å². The van der Waals surface area contributed by atoms with Crippen molar-refractivity contribution in [2.24, 2.45) is 0 Å². The zero-order chi connectivity index (χ0) is 24.4. The molecular weight excluding hydrogens is 461 g/mol. The van der Waals surface area contributed by atoms with Gasteiger partial charge in [-0.25, -0.2) is 9.18 Å². The Hall–Kier alpha value is -3.97. The van der Waals surface area contributed by atoms with Crippen molar-refractivity contribution >= 4 is 40.7 Å². The minimum Gasteiger partial charge on any atom is -0.507 e. The normalized spacial score (nSPS) is 17.1. The quantitative estimate of drug-likeness (QED) is 0.233. The van der Waals surface area contributed by atoms with E-state index in [1.165, 1.54) is 66.7 Å². The number of hydrogen-bond acceptors (Lipinski definition) is 5. The van der Waals surface area contributed by atoms with Crippen molar-refractivity contribution in [2.45, 2.75) is 13.0 Å². The number of amides is 1. The first-order valence-electron chi connectivity index (χ1n) is 10.4. The monoisotopic (exact) mass is 479 g/mol. The number of ketones is 1. The number of nitrogens with zero attached hydrogens (tertiary/aromatic N) is 1. The van der Waals surface area contributed by atoms with Crippen LogP contribution >= 0.6 is 11.6 Å². The summed E-state index contributed by atoms with van der Waals surface area (Å²) in [7, 11) is 0. The molecule has 0 bridgehead atoms. The van der Waals surface area contributed by atoms with Gasteiger partial charge in [0.2, 0.25) is 0 Å². The molecule has 0 aliphatic carbocycles. The van der Waals surface area contributed by atoms with Crippen LogP contribution in [0.5, 0.6) is 0 Å². The summed E-state index contributed by atoms with van der Waals surface area (Å²) < 4.78 is 19.9. The maximum absolute atomic E-state index is 14.9. The van der Waals surface area contributed by atoms with Crippen LogP contribution < -0.4 is 4.90 Å². The minimum atomic E-state index is -1.23. The van der Waals surface area contributed by atoms with Crippen LogP contribution in [-0.2, 0) is 14.3 Å². The van der Waals surface area contributed by atoms with E-state index >= 15 is 0 Å². The van der Waals surface area contributed by atoms with Gasteiger partial charge in [-0.05, 0) is 61.5 Å². The molecule has 4 rings (SSSR count). The molecule has 34 heavy (non-hydrogen) atoms. The fraction of sp³-hybridized carbons (Fsp3) is 0.115. The standard InChI is InChI=1S/C26H19ClFNO5/c1-2-34-26(33)16-9-13-18(14-10-16)29-22(19-5-3-4-6-20(19)28)21(24(31)25(29)32)23(30)15-7-11-17(27)12-8-15/h3-14,22,30H,2H2,1H3/b23-21+/t22-/m1/s1. The second-order valence-corrected chi connectivity index (χ2v) is 7.90. The van der Waals surface area contributed by atoms with Gasteiger partial charge in [0, 0.05) is 21.8 Å². The smallest absolute Gasteiger partial charge is 0.338 e. The van der Waals surface area contributed by atoms with E-state index in [0.717, 1.165) is 4.90 Å². The summed E-state index contributed by atoms with van der Waals surface area (Å²) in [6.45, 7) is 1.88. The number of hydrogen-bond donors (Lipinski definition) is 1. The third kappa shape index (κ3) is 4.18. The Labute approximate surface area is 199 Å². The highest BCUT2D eigenvalue weighted by molar-refractivity contribution is 6.51. The molecule has 1 amide bonds. The molecule has 1 fully saturated rings. The van der Waals surface area contributed by atoms with Gasteiger partial charge in [0.25, 0.3) is 11.7 Å². The van der Waals surface area contributed by atoms with E-state index < -0.39 is 35.3 Å². The van der Waals surface area contributed by atoms with Crippen molar-refractivity contribution in [1.82, 2.24) is 0 Å². The van der Waals surface area contributed by atoms with Crippen molar-refractivity contribution in [1.29, 1.82) is 0 Å². The van der Waals surface area contributed by atoms with Crippen LogP contribution in [0.4, 0.5) is 10.1 Å². The molecule has 0 spiro atoms. The molecule has 0 unspecified atom stereocenters. The lowest BCUT2D eigenvalue weighted by Gasteiger charge is -2.26. The van der Waals surface area contributed by atoms with Crippen molar-refractivity contribution in [2.75, 3.05) is 11.5 Å². The zero-order valence-electron chi connectivity index (χ0n) is 18.0. The van der Waals surface area contributed by atoms with Crippen LogP contribution in [0, 0.1) is 5.82 Å². The highest BCUT2D eigenvalue weighted by atomic mass is 35.5. The summed E-state index contributed by atoms with van der Waals surface area (Å²) in [5.74, 6) is -3.54. The second kappa shape index (κ2) is 9.49. The fourth-order valence-corrected chi connectivity index (χ4v) is 3.95. The molecule has 1 heterocycles. The maximum atomic E-state index is 14.9. The molecule has 172 valence electrons. The topological polar surface area (TPSA) is 83.9 Å². The van der Waals surface area contributed by atoms with E-state index in [4.69, 9.17) is 16.3 Å². The zero-order valence-corrected chi connectivity index (χ0v) is 18.8. The average molecular weight is 480 g/mol. The summed E-state index contributed by atoms with van der Waals surface area (Å²) >= 11 is 5.92. The molecule has 0 saturated carbocycles. The molecular formula is C26H19ClFNO5. The first-order chi connectivity index (χ1) is 16.3. The Balaban J connectivity index is 1.88. The minimum absolute atomic E-state index is 0.0340. The predicted octanol–water partition coefficient (Wildman–Crippen LogP) is 5.28. The van der Waals surface area contributed by atoms with Crippen LogP contribution in [0.1, 0.15) is 34.5 Å². The molecule has 3 aromatic rings. The van der Waals surface area contributed by atoms with Crippen LogP contribution in [0.3, 0.4) is 0 Å². The van der Waals surface area contributed by atoms with Gasteiger partial charge in [-0.2, -0.15) is 0 Å². The Morgan fingerprint density at radius 3 is 2.24 bits per heavy atom. The predicted molar refractivity (Wildman–Crippen MR) is 125 cm³/mol. The van der Waals surface area contributed by atoms with E-state index in [-0.39, 0.29) is 34.6 Å². The summed E-state index contributed by atoms with van der Waals surface area (Å²) in [6.07, 6.45) is 0. The lowest BCUT2D eigenvalue weighted by atomic mass is 9.94. The molecule has 1 aliphatic rings. The van der Waals surface area contributed by atoms with Crippen molar-refractivity contribution in [3.63, 3.8) is 0 Å². The molecule has 8 heteroatoms. The summed E-state index contributed by atoms with van der Waals surface area (Å²) in [5, 5.41) is 11.4. The van der Waals surface area contributed by atoms with Gasteiger partial charge in [-0.3, -0.25) is 14.5 Å². The van der Waals surface area contributed by atoms with E-state index in [0.29, 0.717) is 5.02 Å². The highest BCUT2D eigenvalue weighted by Crippen LogP contribution is 2.43. The van der Waals surface area contributed by atoms with Crippen molar-refractivity contribution in [3.05, 3.63) is 106 Å². The van der Waals surface area contributed by atoms with Crippen molar-refractivity contribution in [3.8, 4) is 0 Å². The number of aliphatic hydroxyl groups is 1. The number of Topliss-reactive ketones (excluding diaryl/α,β-unsaturated/α-hetero) is 1. The molecule has 3 aromatic carbocycles. The number of rotatable bonds is 5. The van der Waals surface area contributed by atoms with E-state index in [1.807, 2.05) is 0 Å². The van der Waals surface area contributed by atoms with Gasteiger partial charge in [0.1, 0.15) is 11.6 Å². The van der Waals surface area contributed by atoms with Gasteiger partial charge in [0.15, 0.2) is 0 Å². The molecule has 0 aromatic heterocycles. The fourth-order valence-electron chi connectivity index (χ4n) is 3.83. The lowest BCUT2D eigenvalue weighted by molar-refractivity contribution is -0.132. The number of carbonyl (C=O) groups is 3. The molecule has 6 nitrogen and oxygen atoms in total. The largest absolute Gasteiger partial charge is 0.507 e. The van der Waals surface area contributed by atoms with Crippen LogP contribution in [0.15, 0.2) is 78.4 Å². The molecule has 0 radical (unpaired) electrons. The number of benzene rings is 3. The van der Waals surface area contributed by atoms with E-state index in [9.17, 15) is 23.9 Å². The average Bonchev–Trinajstić information content (AvgIpc) is 3.10. The third-order valence-corrected chi connectivity index (χ3v) is 5.67. The third-order valence-electron chi connectivity index (χ3n) is 5.42.